The monoisotopic (exact) mass is 441 g/mol. The van der Waals surface area contributed by atoms with Crippen LogP contribution in [0.25, 0.3) is 0 Å². The molecule has 1 unspecified atom stereocenters. The van der Waals surface area contributed by atoms with Crippen molar-refractivity contribution in [1.82, 2.24) is 5.32 Å². The summed E-state index contributed by atoms with van der Waals surface area (Å²) in [5.41, 5.74) is 0. The molecule has 0 aliphatic carbocycles. The summed E-state index contributed by atoms with van der Waals surface area (Å²) >= 11 is 0. The van der Waals surface area contributed by atoms with Crippen molar-refractivity contribution in [3.8, 4) is 5.75 Å². The molecule has 170 valence electrons. The third-order valence-electron chi connectivity index (χ3n) is 4.78. The van der Waals surface area contributed by atoms with E-state index in [1.54, 1.807) is 0 Å². The summed E-state index contributed by atoms with van der Waals surface area (Å²) in [4.78, 5) is 23.5. The largest absolute Gasteiger partial charge is 0.425 e. The van der Waals surface area contributed by atoms with E-state index in [1.807, 2.05) is 6.92 Å². The summed E-state index contributed by atoms with van der Waals surface area (Å²) < 4.78 is 36.9. The molecule has 0 saturated heterocycles. The number of rotatable bonds is 15. The number of hydrogen-bond acceptors (Lipinski definition) is 5. The Morgan fingerprint density at radius 2 is 1.63 bits per heavy atom. The Morgan fingerprint density at radius 3 is 2.30 bits per heavy atom. The molecular weight excluding hydrogens is 406 g/mol. The number of hydrogen-bond donors (Lipinski definition) is 2. The molecule has 1 aromatic rings. The number of benzene rings is 1. The Labute approximate surface area is 180 Å². The van der Waals surface area contributed by atoms with Crippen LogP contribution in [-0.4, -0.2) is 30.9 Å². The fourth-order valence-corrected chi connectivity index (χ4v) is 3.75. The van der Waals surface area contributed by atoms with Crippen molar-refractivity contribution >= 4 is 22.0 Å². The third-order valence-corrected chi connectivity index (χ3v) is 5.68. The van der Waals surface area contributed by atoms with Crippen molar-refractivity contribution in [2.24, 2.45) is 0 Å². The first kappa shape index (κ1) is 26.1. The lowest BCUT2D eigenvalue weighted by Gasteiger charge is -2.14. The van der Waals surface area contributed by atoms with Gasteiger partial charge in [-0.2, -0.15) is 8.42 Å². The van der Waals surface area contributed by atoms with E-state index in [2.05, 4.69) is 12.2 Å². The quantitative estimate of drug-likeness (QED) is 0.177. The minimum atomic E-state index is -4.47. The van der Waals surface area contributed by atoms with Crippen LogP contribution in [0.1, 0.15) is 84.5 Å². The molecule has 2 N–H and O–H groups in total. The number of nitrogens with one attached hydrogen (secondary N) is 1. The minimum Gasteiger partial charge on any atom is -0.425 e. The molecule has 0 aromatic heterocycles. The molecule has 1 amide bonds. The van der Waals surface area contributed by atoms with Crippen molar-refractivity contribution < 1.29 is 27.3 Å². The van der Waals surface area contributed by atoms with Gasteiger partial charge in [0.25, 0.3) is 10.1 Å². The summed E-state index contributed by atoms with van der Waals surface area (Å²) in [5.74, 6) is -0.755. The van der Waals surface area contributed by atoms with E-state index in [0.29, 0.717) is 19.3 Å². The van der Waals surface area contributed by atoms with Gasteiger partial charge in [0.1, 0.15) is 4.90 Å². The normalized spacial score (nSPS) is 12.4. The lowest BCUT2D eigenvalue weighted by Crippen LogP contribution is -2.32. The Hall–Kier alpha value is -1.93. The summed E-state index contributed by atoms with van der Waals surface area (Å²) in [5, 5.41) is 2.94. The summed E-state index contributed by atoms with van der Waals surface area (Å²) in [7, 11) is -4.47. The highest BCUT2D eigenvalue weighted by atomic mass is 32.2. The molecule has 1 aromatic carbocycles. The van der Waals surface area contributed by atoms with Gasteiger partial charge in [-0.15, -0.1) is 0 Å². The second kappa shape index (κ2) is 14.1. The van der Waals surface area contributed by atoms with E-state index in [9.17, 15) is 22.6 Å². The highest BCUT2D eigenvalue weighted by molar-refractivity contribution is 7.86. The maximum absolute atomic E-state index is 12.0. The fourth-order valence-electron chi connectivity index (χ4n) is 3.14. The average molecular weight is 442 g/mol. The Morgan fingerprint density at radius 1 is 1.00 bits per heavy atom. The van der Waals surface area contributed by atoms with Crippen LogP contribution < -0.4 is 10.1 Å². The van der Waals surface area contributed by atoms with Crippen molar-refractivity contribution in [1.29, 1.82) is 0 Å². The van der Waals surface area contributed by atoms with Gasteiger partial charge in [0.05, 0.1) is 0 Å². The lowest BCUT2D eigenvalue weighted by molar-refractivity contribution is -0.134. The number of para-hydroxylation sites is 1. The molecule has 7 nitrogen and oxygen atoms in total. The summed E-state index contributed by atoms with van der Waals surface area (Å²) in [6.07, 6.45) is 9.85. The van der Waals surface area contributed by atoms with Crippen molar-refractivity contribution in [3.63, 3.8) is 0 Å². The van der Waals surface area contributed by atoms with E-state index in [-0.39, 0.29) is 24.1 Å². The van der Waals surface area contributed by atoms with E-state index >= 15 is 0 Å². The molecule has 0 aliphatic rings. The Kier molecular flexibility index (Phi) is 12.3. The van der Waals surface area contributed by atoms with Crippen molar-refractivity contribution in [2.75, 3.05) is 0 Å². The third kappa shape index (κ3) is 11.3. The predicted octanol–water partition coefficient (Wildman–Crippen LogP) is 4.65. The Bertz CT molecular complexity index is 763. The number of carbonyl (C=O) groups is 2. The molecule has 0 saturated carbocycles. The molecule has 30 heavy (non-hydrogen) atoms. The molecule has 0 radical (unpaired) electrons. The van der Waals surface area contributed by atoms with Gasteiger partial charge in [0.15, 0.2) is 5.75 Å². The maximum Gasteiger partial charge on any atom is 0.311 e. The van der Waals surface area contributed by atoms with Crippen LogP contribution in [0, 0.1) is 0 Å². The average Bonchev–Trinajstić information content (AvgIpc) is 2.66. The van der Waals surface area contributed by atoms with Crippen LogP contribution in [0.2, 0.25) is 0 Å². The summed E-state index contributed by atoms with van der Waals surface area (Å²) in [6.45, 7) is 4.08. The van der Waals surface area contributed by atoms with Crippen LogP contribution in [0.15, 0.2) is 29.2 Å². The second-order valence-corrected chi connectivity index (χ2v) is 9.02. The van der Waals surface area contributed by atoms with Crippen LogP contribution in [0.4, 0.5) is 0 Å². The molecule has 0 bridgehead atoms. The first-order valence-corrected chi connectivity index (χ1v) is 12.2. The Balaban J connectivity index is 2.23. The van der Waals surface area contributed by atoms with Gasteiger partial charge >= 0.3 is 5.97 Å². The minimum absolute atomic E-state index is 0.0284. The van der Waals surface area contributed by atoms with Gasteiger partial charge in [-0.05, 0) is 38.3 Å². The van der Waals surface area contributed by atoms with E-state index in [0.717, 1.165) is 12.8 Å². The van der Waals surface area contributed by atoms with Gasteiger partial charge in [0, 0.05) is 18.9 Å². The number of esters is 1. The standard InChI is InChI=1S/C22H35NO6S/c1-3-4-5-6-7-8-9-16-21(24)23-18(2)13-12-17-22(25)29-19-14-10-11-15-20(19)30(26,27)28/h10-11,14-15,18H,3-9,12-13,16-17H2,1-2H3,(H,23,24)(H,26,27,28). The van der Waals surface area contributed by atoms with Gasteiger partial charge in [-0.1, -0.05) is 57.6 Å². The van der Waals surface area contributed by atoms with Crippen LogP contribution in [0.5, 0.6) is 5.75 Å². The summed E-state index contributed by atoms with van der Waals surface area (Å²) in [6, 6.07) is 5.37. The highest BCUT2D eigenvalue weighted by Gasteiger charge is 2.18. The van der Waals surface area contributed by atoms with E-state index < -0.39 is 21.0 Å². The molecule has 0 spiro atoms. The first-order valence-electron chi connectivity index (χ1n) is 10.8. The zero-order valence-corrected chi connectivity index (χ0v) is 18.9. The number of carbonyl (C=O) groups excluding carboxylic acids is 2. The zero-order chi connectivity index (χ0) is 22.4. The molecule has 0 heterocycles. The van der Waals surface area contributed by atoms with E-state index in [4.69, 9.17) is 4.74 Å². The van der Waals surface area contributed by atoms with Crippen LogP contribution in [-0.2, 0) is 19.7 Å². The van der Waals surface area contributed by atoms with Gasteiger partial charge in [-0.25, -0.2) is 0 Å². The molecule has 1 rings (SSSR count). The smallest absolute Gasteiger partial charge is 0.311 e. The lowest BCUT2D eigenvalue weighted by atomic mass is 10.1. The van der Waals surface area contributed by atoms with Crippen LogP contribution >= 0.6 is 0 Å². The first-order chi connectivity index (χ1) is 14.2. The molecule has 0 fully saturated rings. The second-order valence-electron chi connectivity index (χ2n) is 7.63. The molecule has 8 heteroatoms. The number of ether oxygens (including phenoxy) is 1. The van der Waals surface area contributed by atoms with Gasteiger partial charge < -0.3 is 10.1 Å². The van der Waals surface area contributed by atoms with Gasteiger partial charge in [0.2, 0.25) is 5.91 Å². The topological polar surface area (TPSA) is 110 Å². The molecule has 1 atom stereocenters. The highest BCUT2D eigenvalue weighted by Crippen LogP contribution is 2.23. The fraction of sp³-hybridized carbons (Fsp3) is 0.636. The molecule has 0 aliphatic heterocycles. The SMILES string of the molecule is CCCCCCCCCC(=O)NC(C)CCCC(=O)Oc1ccccc1S(=O)(=O)O. The predicted molar refractivity (Wildman–Crippen MR) is 116 cm³/mol. The maximum atomic E-state index is 12.0. The number of amides is 1. The van der Waals surface area contributed by atoms with Gasteiger partial charge in [-0.3, -0.25) is 14.1 Å². The number of unbranched alkanes of at least 4 members (excludes halogenated alkanes) is 6. The zero-order valence-electron chi connectivity index (χ0n) is 18.1. The molecular formula is C22H35NO6S. The van der Waals surface area contributed by atoms with Crippen LogP contribution in [0.3, 0.4) is 0 Å². The van der Waals surface area contributed by atoms with Crippen molar-refractivity contribution in [3.05, 3.63) is 24.3 Å². The van der Waals surface area contributed by atoms with Crippen molar-refractivity contribution in [2.45, 2.75) is 95.4 Å². The van der Waals surface area contributed by atoms with E-state index in [1.165, 1.54) is 56.4 Å².